The molecule has 2 atom stereocenters. The summed E-state index contributed by atoms with van der Waals surface area (Å²) in [4.78, 5) is 11.8. The number of esters is 1. The second-order valence-electron chi connectivity index (χ2n) is 4.10. The van der Waals surface area contributed by atoms with Crippen LogP contribution in [0, 0.1) is 5.92 Å². The Hall–Kier alpha value is -1.07. The zero-order chi connectivity index (χ0) is 14.4. The van der Waals surface area contributed by atoms with Crippen LogP contribution in [-0.4, -0.2) is 24.8 Å². The van der Waals surface area contributed by atoms with Crippen LogP contribution in [0.25, 0.3) is 0 Å². The van der Waals surface area contributed by atoms with E-state index in [9.17, 15) is 9.90 Å². The maximum atomic E-state index is 11.8. The highest BCUT2D eigenvalue weighted by Crippen LogP contribution is 2.33. The molecule has 0 fully saturated rings. The Morgan fingerprint density at radius 3 is 2.58 bits per heavy atom. The van der Waals surface area contributed by atoms with Gasteiger partial charge in [-0.05, 0) is 31.0 Å². The normalized spacial score (nSPS) is 13.7. The summed E-state index contributed by atoms with van der Waals surface area (Å²) in [6, 6.07) is 5.26. The molecule has 0 bridgehead atoms. The van der Waals surface area contributed by atoms with Crippen molar-refractivity contribution in [1.82, 2.24) is 0 Å². The SMILES string of the molecule is CCOC(=O)C(CC)C(O)c1ccc(OC)cc1Br. The number of aliphatic hydroxyl groups is 1. The summed E-state index contributed by atoms with van der Waals surface area (Å²) in [7, 11) is 1.57. The van der Waals surface area contributed by atoms with Gasteiger partial charge in [-0.1, -0.05) is 28.9 Å². The van der Waals surface area contributed by atoms with Crippen LogP contribution >= 0.6 is 15.9 Å². The molecule has 0 amide bonds. The van der Waals surface area contributed by atoms with Crippen molar-refractivity contribution >= 4 is 21.9 Å². The molecule has 1 rings (SSSR count). The first-order valence-corrected chi connectivity index (χ1v) is 7.02. The van der Waals surface area contributed by atoms with Crippen LogP contribution in [0.15, 0.2) is 22.7 Å². The van der Waals surface area contributed by atoms with E-state index in [-0.39, 0.29) is 5.97 Å². The van der Waals surface area contributed by atoms with Gasteiger partial charge in [0.1, 0.15) is 5.75 Å². The number of benzene rings is 1. The lowest BCUT2D eigenvalue weighted by molar-refractivity contribution is -0.152. The van der Waals surface area contributed by atoms with Gasteiger partial charge in [0.15, 0.2) is 0 Å². The van der Waals surface area contributed by atoms with E-state index in [1.54, 1.807) is 32.2 Å². The summed E-state index contributed by atoms with van der Waals surface area (Å²) in [5, 5.41) is 10.4. The van der Waals surface area contributed by atoms with Crippen molar-refractivity contribution in [3.8, 4) is 5.75 Å². The zero-order valence-corrected chi connectivity index (χ0v) is 12.9. The number of hydrogen-bond donors (Lipinski definition) is 1. The molecule has 19 heavy (non-hydrogen) atoms. The smallest absolute Gasteiger partial charge is 0.311 e. The monoisotopic (exact) mass is 330 g/mol. The van der Waals surface area contributed by atoms with Crippen LogP contribution in [0.2, 0.25) is 0 Å². The molecule has 0 aliphatic rings. The van der Waals surface area contributed by atoms with Gasteiger partial charge in [0.25, 0.3) is 0 Å². The first kappa shape index (κ1) is 16.0. The molecule has 0 saturated heterocycles. The lowest BCUT2D eigenvalue weighted by atomic mass is 9.93. The molecule has 106 valence electrons. The van der Waals surface area contributed by atoms with Gasteiger partial charge in [0.2, 0.25) is 0 Å². The topological polar surface area (TPSA) is 55.8 Å². The Morgan fingerprint density at radius 1 is 1.42 bits per heavy atom. The maximum Gasteiger partial charge on any atom is 0.311 e. The van der Waals surface area contributed by atoms with Crippen molar-refractivity contribution in [3.63, 3.8) is 0 Å². The summed E-state index contributed by atoms with van der Waals surface area (Å²) in [6.07, 6.45) is -0.386. The van der Waals surface area contributed by atoms with Gasteiger partial charge in [-0.15, -0.1) is 0 Å². The molecule has 1 aromatic carbocycles. The molecule has 0 saturated carbocycles. The zero-order valence-electron chi connectivity index (χ0n) is 11.4. The van der Waals surface area contributed by atoms with Gasteiger partial charge in [-0.2, -0.15) is 0 Å². The van der Waals surface area contributed by atoms with E-state index >= 15 is 0 Å². The Balaban J connectivity index is 2.97. The predicted octanol–water partition coefficient (Wildman–Crippen LogP) is 3.08. The van der Waals surface area contributed by atoms with Gasteiger partial charge < -0.3 is 14.6 Å². The summed E-state index contributed by atoms with van der Waals surface area (Å²) in [5.74, 6) is -0.253. The van der Waals surface area contributed by atoms with Crippen molar-refractivity contribution < 1.29 is 19.4 Å². The van der Waals surface area contributed by atoms with E-state index in [1.165, 1.54) is 0 Å². The maximum absolute atomic E-state index is 11.8. The van der Waals surface area contributed by atoms with Crippen LogP contribution in [0.3, 0.4) is 0 Å². The number of carbonyl (C=O) groups is 1. The van der Waals surface area contributed by atoms with E-state index in [1.807, 2.05) is 6.92 Å². The molecule has 0 aliphatic heterocycles. The number of halogens is 1. The minimum Gasteiger partial charge on any atom is -0.497 e. The van der Waals surface area contributed by atoms with E-state index in [0.717, 1.165) is 0 Å². The van der Waals surface area contributed by atoms with Gasteiger partial charge in [0, 0.05) is 4.47 Å². The van der Waals surface area contributed by atoms with Crippen LogP contribution in [0.5, 0.6) is 5.75 Å². The third-order valence-electron chi connectivity index (χ3n) is 2.94. The summed E-state index contributed by atoms with van der Waals surface area (Å²) in [5.41, 5.74) is 0.653. The average Bonchev–Trinajstić information content (AvgIpc) is 2.39. The fourth-order valence-corrected chi connectivity index (χ4v) is 2.45. The molecule has 0 spiro atoms. The highest BCUT2D eigenvalue weighted by molar-refractivity contribution is 9.10. The Labute approximate surface area is 121 Å². The molecule has 2 unspecified atom stereocenters. The highest BCUT2D eigenvalue weighted by Gasteiger charge is 2.29. The molecule has 1 aromatic rings. The minimum absolute atomic E-state index is 0.311. The second-order valence-corrected chi connectivity index (χ2v) is 4.95. The lowest BCUT2D eigenvalue weighted by Gasteiger charge is -2.21. The molecule has 0 aromatic heterocycles. The molecule has 0 radical (unpaired) electrons. The van der Waals surface area contributed by atoms with Crippen LogP contribution in [0.4, 0.5) is 0 Å². The van der Waals surface area contributed by atoms with E-state index in [2.05, 4.69) is 15.9 Å². The molecule has 4 nitrogen and oxygen atoms in total. The van der Waals surface area contributed by atoms with Gasteiger partial charge in [-0.25, -0.2) is 0 Å². The summed E-state index contributed by atoms with van der Waals surface area (Å²) in [6.45, 7) is 3.91. The second kappa shape index (κ2) is 7.50. The standard InChI is InChI=1S/C14H19BrO4/c1-4-10(14(17)19-5-2)13(16)11-7-6-9(18-3)8-12(11)15/h6-8,10,13,16H,4-5H2,1-3H3. The summed E-state index contributed by atoms with van der Waals surface area (Å²) < 4.78 is 10.8. The van der Waals surface area contributed by atoms with Crippen molar-refractivity contribution in [1.29, 1.82) is 0 Å². The quantitative estimate of drug-likeness (QED) is 0.814. The van der Waals surface area contributed by atoms with Gasteiger partial charge in [0.05, 0.1) is 25.7 Å². The number of methoxy groups -OCH3 is 1. The van der Waals surface area contributed by atoms with Gasteiger partial charge in [-0.3, -0.25) is 4.79 Å². The Kier molecular flexibility index (Phi) is 6.31. The molecular formula is C14H19BrO4. The number of ether oxygens (including phenoxy) is 2. The van der Waals surface area contributed by atoms with E-state index < -0.39 is 12.0 Å². The van der Waals surface area contributed by atoms with Crippen molar-refractivity contribution in [2.75, 3.05) is 13.7 Å². The first-order valence-electron chi connectivity index (χ1n) is 6.23. The fourth-order valence-electron chi connectivity index (χ4n) is 1.86. The van der Waals surface area contributed by atoms with Crippen molar-refractivity contribution in [2.45, 2.75) is 26.4 Å². The third kappa shape index (κ3) is 3.94. The Morgan fingerprint density at radius 2 is 2.11 bits per heavy atom. The van der Waals surface area contributed by atoms with Gasteiger partial charge >= 0.3 is 5.97 Å². The molecule has 1 N–H and O–H groups in total. The molecule has 5 heteroatoms. The van der Waals surface area contributed by atoms with Crippen LogP contribution < -0.4 is 4.74 Å². The Bertz CT molecular complexity index is 433. The largest absolute Gasteiger partial charge is 0.497 e. The van der Waals surface area contributed by atoms with Crippen molar-refractivity contribution in [2.24, 2.45) is 5.92 Å². The first-order chi connectivity index (χ1) is 9.04. The van der Waals surface area contributed by atoms with Crippen LogP contribution in [-0.2, 0) is 9.53 Å². The highest BCUT2D eigenvalue weighted by atomic mass is 79.9. The fraction of sp³-hybridized carbons (Fsp3) is 0.500. The molecule has 0 aliphatic carbocycles. The average molecular weight is 331 g/mol. The third-order valence-corrected chi connectivity index (χ3v) is 3.62. The number of aliphatic hydroxyl groups excluding tert-OH is 1. The van der Waals surface area contributed by atoms with E-state index in [0.29, 0.717) is 28.8 Å². The predicted molar refractivity (Wildman–Crippen MR) is 76.1 cm³/mol. The number of rotatable bonds is 6. The van der Waals surface area contributed by atoms with Crippen molar-refractivity contribution in [3.05, 3.63) is 28.2 Å². The number of carbonyl (C=O) groups excluding carboxylic acids is 1. The molecule has 0 heterocycles. The number of hydrogen-bond acceptors (Lipinski definition) is 4. The minimum atomic E-state index is -0.899. The van der Waals surface area contributed by atoms with E-state index in [4.69, 9.17) is 9.47 Å². The lowest BCUT2D eigenvalue weighted by Crippen LogP contribution is -2.24. The summed E-state index contributed by atoms with van der Waals surface area (Å²) >= 11 is 3.38. The van der Waals surface area contributed by atoms with Crippen LogP contribution in [0.1, 0.15) is 31.9 Å². The molecular weight excluding hydrogens is 312 g/mol.